The molecule has 4 rings (SSSR count). The molecular formula is C24H27N5. The first-order valence-electron chi connectivity index (χ1n) is 9.87. The van der Waals surface area contributed by atoms with Crippen LogP contribution in [-0.2, 0) is 20.1 Å². The average Bonchev–Trinajstić information content (AvgIpc) is 3.30. The number of aromatic nitrogens is 4. The molecule has 0 saturated carbocycles. The molecule has 0 radical (unpaired) electrons. The molecule has 148 valence electrons. The van der Waals surface area contributed by atoms with Gasteiger partial charge < -0.3 is 0 Å². The lowest BCUT2D eigenvalue weighted by atomic mass is 10.1. The zero-order chi connectivity index (χ0) is 20.4. The van der Waals surface area contributed by atoms with Crippen molar-refractivity contribution < 1.29 is 0 Å². The van der Waals surface area contributed by atoms with Crippen molar-refractivity contribution in [1.29, 1.82) is 0 Å². The van der Waals surface area contributed by atoms with Crippen LogP contribution in [0.1, 0.15) is 22.3 Å². The molecular weight excluding hydrogens is 358 g/mol. The second-order valence-electron chi connectivity index (χ2n) is 7.80. The SMILES string of the molecule is Cc1ccc(C)c(-n2cc(CN(C)Cc3cnn(C)c3)c(-c3ccccc3)n2)c1. The van der Waals surface area contributed by atoms with E-state index in [1.54, 1.807) is 0 Å². The summed E-state index contributed by atoms with van der Waals surface area (Å²) in [7, 11) is 4.09. The molecule has 2 aromatic carbocycles. The summed E-state index contributed by atoms with van der Waals surface area (Å²) in [6.07, 6.45) is 6.16. The van der Waals surface area contributed by atoms with Crippen molar-refractivity contribution in [3.05, 3.63) is 89.4 Å². The molecule has 0 amide bonds. The molecule has 4 aromatic rings. The monoisotopic (exact) mass is 385 g/mol. The van der Waals surface area contributed by atoms with Gasteiger partial charge in [0.1, 0.15) is 0 Å². The van der Waals surface area contributed by atoms with Gasteiger partial charge in [-0.25, -0.2) is 4.68 Å². The van der Waals surface area contributed by atoms with Crippen LogP contribution in [0.25, 0.3) is 16.9 Å². The Morgan fingerprint density at radius 1 is 0.966 bits per heavy atom. The van der Waals surface area contributed by atoms with Crippen molar-refractivity contribution in [2.24, 2.45) is 7.05 Å². The van der Waals surface area contributed by atoms with Gasteiger partial charge in [-0.2, -0.15) is 10.2 Å². The van der Waals surface area contributed by atoms with Crippen LogP contribution in [0, 0.1) is 13.8 Å². The molecule has 0 saturated heterocycles. The average molecular weight is 386 g/mol. The fraction of sp³-hybridized carbons (Fsp3) is 0.250. The predicted molar refractivity (Wildman–Crippen MR) is 117 cm³/mol. The first kappa shape index (κ1) is 19.2. The molecule has 0 aliphatic carbocycles. The van der Waals surface area contributed by atoms with Gasteiger partial charge in [0, 0.05) is 49.2 Å². The van der Waals surface area contributed by atoms with E-state index < -0.39 is 0 Å². The van der Waals surface area contributed by atoms with E-state index in [1.807, 2.05) is 28.7 Å². The number of rotatable bonds is 6. The van der Waals surface area contributed by atoms with Crippen molar-refractivity contribution in [3.8, 4) is 16.9 Å². The van der Waals surface area contributed by atoms with Crippen LogP contribution in [0.3, 0.4) is 0 Å². The Labute approximate surface area is 172 Å². The van der Waals surface area contributed by atoms with E-state index in [2.05, 4.69) is 85.8 Å². The topological polar surface area (TPSA) is 38.9 Å². The summed E-state index contributed by atoms with van der Waals surface area (Å²) < 4.78 is 3.87. The lowest BCUT2D eigenvalue weighted by molar-refractivity contribution is 0.319. The van der Waals surface area contributed by atoms with Crippen LogP contribution in [0.5, 0.6) is 0 Å². The Bertz CT molecular complexity index is 1110. The third-order valence-corrected chi connectivity index (χ3v) is 5.10. The fourth-order valence-corrected chi connectivity index (χ4v) is 3.67. The van der Waals surface area contributed by atoms with Gasteiger partial charge in [-0.15, -0.1) is 0 Å². The van der Waals surface area contributed by atoms with Crippen LogP contribution >= 0.6 is 0 Å². The third kappa shape index (κ3) is 4.30. The van der Waals surface area contributed by atoms with Crippen molar-refractivity contribution in [2.75, 3.05) is 7.05 Å². The molecule has 0 spiro atoms. The van der Waals surface area contributed by atoms with Gasteiger partial charge in [0.25, 0.3) is 0 Å². The number of hydrogen-bond donors (Lipinski definition) is 0. The number of benzene rings is 2. The van der Waals surface area contributed by atoms with Crippen LogP contribution in [0.2, 0.25) is 0 Å². The van der Waals surface area contributed by atoms with E-state index in [4.69, 9.17) is 5.10 Å². The van der Waals surface area contributed by atoms with Crippen molar-refractivity contribution in [2.45, 2.75) is 26.9 Å². The van der Waals surface area contributed by atoms with Crippen molar-refractivity contribution in [3.63, 3.8) is 0 Å². The van der Waals surface area contributed by atoms with E-state index in [0.29, 0.717) is 0 Å². The number of nitrogens with zero attached hydrogens (tertiary/aromatic N) is 5. The zero-order valence-corrected chi connectivity index (χ0v) is 17.5. The summed E-state index contributed by atoms with van der Waals surface area (Å²) in [5, 5.41) is 9.27. The van der Waals surface area contributed by atoms with Crippen LogP contribution in [0.15, 0.2) is 67.1 Å². The maximum absolute atomic E-state index is 4.99. The second kappa shape index (κ2) is 8.05. The van der Waals surface area contributed by atoms with Crippen LogP contribution in [-0.4, -0.2) is 31.5 Å². The maximum atomic E-state index is 4.99. The molecule has 0 aliphatic heterocycles. The highest BCUT2D eigenvalue weighted by molar-refractivity contribution is 5.63. The molecule has 0 atom stereocenters. The Morgan fingerprint density at radius 2 is 1.76 bits per heavy atom. The first-order valence-corrected chi connectivity index (χ1v) is 9.87. The molecule has 5 nitrogen and oxygen atoms in total. The summed E-state index contributed by atoms with van der Waals surface area (Å²) in [6.45, 7) is 5.90. The first-order chi connectivity index (χ1) is 14.0. The maximum Gasteiger partial charge on any atom is 0.0972 e. The van der Waals surface area contributed by atoms with Gasteiger partial charge in [-0.05, 0) is 38.1 Å². The molecule has 0 aliphatic rings. The normalized spacial score (nSPS) is 11.3. The quantitative estimate of drug-likeness (QED) is 0.490. The molecule has 2 aromatic heterocycles. The Balaban J connectivity index is 1.69. The predicted octanol–water partition coefficient (Wildman–Crippen LogP) is 4.52. The van der Waals surface area contributed by atoms with E-state index in [0.717, 1.165) is 30.0 Å². The van der Waals surface area contributed by atoms with Crippen LogP contribution < -0.4 is 0 Å². The molecule has 0 unspecified atom stereocenters. The molecule has 0 bridgehead atoms. The molecule has 5 heteroatoms. The van der Waals surface area contributed by atoms with E-state index >= 15 is 0 Å². The Kier molecular flexibility index (Phi) is 5.32. The summed E-state index contributed by atoms with van der Waals surface area (Å²) in [4.78, 5) is 2.30. The highest BCUT2D eigenvalue weighted by Crippen LogP contribution is 2.26. The van der Waals surface area contributed by atoms with Gasteiger partial charge >= 0.3 is 0 Å². The van der Waals surface area contributed by atoms with E-state index in [-0.39, 0.29) is 0 Å². The molecule has 29 heavy (non-hydrogen) atoms. The Morgan fingerprint density at radius 3 is 2.48 bits per heavy atom. The Hall–Kier alpha value is -3.18. The largest absolute Gasteiger partial charge is 0.298 e. The lowest BCUT2D eigenvalue weighted by Gasteiger charge is -2.15. The summed E-state index contributed by atoms with van der Waals surface area (Å²) in [6, 6.07) is 16.9. The number of hydrogen-bond acceptors (Lipinski definition) is 3. The van der Waals surface area contributed by atoms with Gasteiger partial charge in [0.2, 0.25) is 0 Å². The van der Waals surface area contributed by atoms with E-state index in [1.165, 1.54) is 22.3 Å². The minimum Gasteiger partial charge on any atom is -0.298 e. The van der Waals surface area contributed by atoms with Gasteiger partial charge in [-0.1, -0.05) is 42.5 Å². The van der Waals surface area contributed by atoms with Gasteiger partial charge in [0.05, 0.1) is 17.6 Å². The highest BCUT2D eigenvalue weighted by atomic mass is 15.3. The summed E-state index contributed by atoms with van der Waals surface area (Å²) in [5.74, 6) is 0. The summed E-state index contributed by atoms with van der Waals surface area (Å²) >= 11 is 0. The number of aryl methyl sites for hydroxylation is 3. The third-order valence-electron chi connectivity index (χ3n) is 5.10. The minimum atomic E-state index is 0.810. The van der Waals surface area contributed by atoms with Gasteiger partial charge in [0.15, 0.2) is 0 Å². The fourth-order valence-electron chi connectivity index (χ4n) is 3.67. The molecule has 0 fully saturated rings. The van der Waals surface area contributed by atoms with E-state index in [9.17, 15) is 0 Å². The van der Waals surface area contributed by atoms with Crippen LogP contribution in [0.4, 0.5) is 0 Å². The minimum absolute atomic E-state index is 0.810. The zero-order valence-electron chi connectivity index (χ0n) is 17.5. The molecule has 0 N–H and O–H groups in total. The lowest BCUT2D eigenvalue weighted by Crippen LogP contribution is -2.17. The highest BCUT2D eigenvalue weighted by Gasteiger charge is 2.15. The van der Waals surface area contributed by atoms with Crippen molar-refractivity contribution in [1.82, 2.24) is 24.5 Å². The summed E-state index contributed by atoms with van der Waals surface area (Å²) in [5.41, 5.74) is 8.17. The molecule has 2 heterocycles. The standard InChI is InChI=1S/C24H27N5/c1-18-10-11-19(2)23(12-18)29-17-22(24(26-29)21-8-6-5-7-9-21)16-27(3)14-20-13-25-28(4)15-20/h5-13,15,17H,14,16H2,1-4H3. The second-order valence-corrected chi connectivity index (χ2v) is 7.80. The van der Waals surface area contributed by atoms with Crippen molar-refractivity contribution >= 4 is 0 Å². The smallest absolute Gasteiger partial charge is 0.0972 e. The van der Waals surface area contributed by atoms with Gasteiger partial charge in [-0.3, -0.25) is 9.58 Å².